The highest BCUT2D eigenvalue weighted by molar-refractivity contribution is 5.89. The number of carbonyl (C=O) groups excluding carboxylic acids is 1. The van der Waals surface area contributed by atoms with E-state index in [9.17, 15) is 9.59 Å². The van der Waals surface area contributed by atoms with Crippen LogP contribution in [0.4, 0.5) is 10.5 Å². The number of rotatable bonds is 7. The first-order valence-electron chi connectivity index (χ1n) is 6.67. The van der Waals surface area contributed by atoms with E-state index in [1.165, 1.54) is 6.08 Å². The largest absolute Gasteiger partial charge is 0.478 e. The number of urea groups is 1. The monoisotopic (exact) mass is 288 g/mol. The van der Waals surface area contributed by atoms with Gasteiger partial charge in [-0.3, -0.25) is 0 Å². The molecule has 0 aromatic heterocycles. The summed E-state index contributed by atoms with van der Waals surface area (Å²) in [5.41, 5.74) is 1.43. The lowest BCUT2D eigenvalue weighted by molar-refractivity contribution is -0.131. The smallest absolute Gasteiger partial charge is 0.328 e. The fourth-order valence-corrected chi connectivity index (χ4v) is 1.64. The Morgan fingerprint density at radius 3 is 2.57 bits per heavy atom. The van der Waals surface area contributed by atoms with Crippen molar-refractivity contribution in [2.75, 3.05) is 18.9 Å². The predicted molar refractivity (Wildman–Crippen MR) is 84.2 cm³/mol. The molecule has 0 unspecified atom stereocenters. The lowest BCUT2D eigenvalue weighted by Gasteiger charge is -2.17. The van der Waals surface area contributed by atoms with E-state index in [1.54, 1.807) is 36.2 Å². The average molecular weight is 288 g/mol. The number of carboxylic acid groups (broad SMARTS) is 1. The maximum absolute atomic E-state index is 11.9. The number of benzene rings is 1. The molecule has 1 rings (SSSR count). The average Bonchev–Trinajstić information content (AvgIpc) is 2.46. The number of hydrogen-bond donors (Lipinski definition) is 2. The summed E-state index contributed by atoms with van der Waals surface area (Å²) >= 11 is 0. The Morgan fingerprint density at radius 2 is 2.00 bits per heavy atom. The van der Waals surface area contributed by atoms with E-state index in [0.717, 1.165) is 24.5 Å². The second kappa shape index (κ2) is 8.58. The molecule has 0 radical (unpaired) electrons. The van der Waals surface area contributed by atoms with Gasteiger partial charge in [0.15, 0.2) is 0 Å². The number of aliphatic carboxylic acids is 1. The van der Waals surface area contributed by atoms with Gasteiger partial charge in [0.05, 0.1) is 0 Å². The second-order valence-corrected chi connectivity index (χ2v) is 4.58. The predicted octanol–water partition coefficient (Wildman–Crippen LogP) is 3.21. The molecule has 0 atom stereocenters. The molecule has 0 aliphatic carbocycles. The minimum Gasteiger partial charge on any atom is -0.478 e. The SMILES string of the molecule is C=CCCCN(C)C(=O)Nc1ccc(/C=C/C(=O)O)cc1. The minimum absolute atomic E-state index is 0.173. The standard InChI is InChI=1S/C16H20N2O3/c1-3-4-5-12-18(2)16(21)17-14-9-6-13(7-10-14)8-11-15(19)20/h3,6-11H,1,4-5,12H2,2H3,(H,17,21)(H,19,20)/b11-8+. The quantitative estimate of drug-likeness (QED) is 0.460. The summed E-state index contributed by atoms with van der Waals surface area (Å²) in [5, 5.41) is 11.3. The highest BCUT2D eigenvalue weighted by atomic mass is 16.4. The molecule has 0 aliphatic heterocycles. The zero-order valence-corrected chi connectivity index (χ0v) is 12.1. The van der Waals surface area contributed by atoms with Crippen molar-refractivity contribution >= 4 is 23.8 Å². The van der Waals surface area contributed by atoms with E-state index in [0.29, 0.717) is 12.2 Å². The fourth-order valence-electron chi connectivity index (χ4n) is 1.64. The van der Waals surface area contributed by atoms with Crippen LogP contribution in [0.5, 0.6) is 0 Å². The molecule has 2 amide bonds. The first kappa shape index (κ1) is 16.5. The van der Waals surface area contributed by atoms with Crippen LogP contribution >= 0.6 is 0 Å². The molecule has 0 bridgehead atoms. The lowest BCUT2D eigenvalue weighted by Crippen LogP contribution is -2.32. The van der Waals surface area contributed by atoms with Crippen molar-refractivity contribution in [3.63, 3.8) is 0 Å². The Kier molecular flexibility index (Phi) is 6.74. The van der Waals surface area contributed by atoms with Crippen molar-refractivity contribution in [1.82, 2.24) is 4.90 Å². The highest BCUT2D eigenvalue weighted by Crippen LogP contribution is 2.11. The van der Waals surface area contributed by atoms with Gasteiger partial charge in [-0.05, 0) is 36.6 Å². The summed E-state index contributed by atoms with van der Waals surface area (Å²) < 4.78 is 0. The first-order valence-corrected chi connectivity index (χ1v) is 6.67. The highest BCUT2D eigenvalue weighted by Gasteiger charge is 2.07. The third-order valence-electron chi connectivity index (χ3n) is 2.83. The Hall–Kier alpha value is -2.56. The summed E-state index contributed by atoms with van der Waals surface area (Å²) in [5.74, 6) is -0.992. The van der Waals surface area contributed by atoms with Crippen LogP contribution < -0.4 is 5.32 Å². The van der Waals surface area contributed by atoms with Gasteiger partial charge in [-0.1, -0.05) is 18.2 Å². The normalized spacial score (nSPS) is 10.3. The summed E-state index contributed by atoms with van der Waals surface area (Å²) in [6, 6.07) is 6.78. The molecule has 2 N–H and O–H groups in total. The topological polar surface area (TPSA) is 69.6 Å². The van der Waals surface area contributed by atoms with Gasteiger partial charge in [0.1, 0.15) is 0 Å². The summed E-state index contributed by atoms with van der Waals surface area (Å²) in [7, 11) is 1.74. The third kappa shape index (κ3) is 6.42. The van der Waals surface area contributed by atoms with Crippen molar-refractivity contribution < 1.29 is 14.7 Å². The molecular formula is C16H20N2O3. The maximum atomic E-state index is 11.9. The molecule has 0 aliphatic rings. The number of amides is 2. The summed E-state index contributed by atoms with van der Waals surface area (Å²) in [4.78, 5) is 23.9. The molecule has 21 heavy (non-hydrogen) atoms. The van der Waals surface area contributed by atoms with Crippen molar-refractivity contribution in [3.8, 4) is 0 Å². The number of allylic oxidation sites excluding steroid dienone is 1. The van der Waals surface area contributed by atoms with E-state index in [4.69, 9.17) is 5.11 Å². The molecule has 0 saturated carbocycles. The van der Waals surface area contributed by atoms with Gasteiger partial charge in [0, 0.05) is 25.4 Å². The molecule has 1 aromatic rings. The van der Waals surface area contributed by atoms with Crippen LogP contribution in [-0.4, -0.2) is 35.6 Å². The van der Waals surface area contributed by atoms with Gasteiger partial charge in [0.25, 0.3) is 0 Å². The third-order valence-corrected chi connectivity index (χ3v) is 2.83. The minimum atomic E-state index is -0.992. The van der Waals surface area contributed by atoms with Crippen LogP contribution in [0.2, 0.25) is 0 Å². The first-order chi connectivity index (χ1) is 10.0. The van der Waals surface area contributed by atoms with Gasteiger partial charge in [-0.2, -0.15) is 0 Å². The van der Waals surface area contributed by atoms with Crippen LogP contribution in [0.15, 0.2) is 43.0 Å². The Morgan fingerprint density at radius 1 is 1.33 bits per heavy atom. The lowest BCUT2D eigenvalue weighted by atomic mass is 10.2. The molecule has 112 valence electrons. The van der Waals surface area contributed by atoms with E-state index in [-0.39, 0.29) is 6.03 Å². The van der Waals surface area contributed by atoms with Crippen LogP contribution in [0.3, 0.4) is 0 Å². The Balaban J connectivity index is 2.52. The van der Waals surface area contributed by atoms with Gasteiger partial charge < -0.3 is 15.3 Å². The number of nitrogens with one attached hydrogen (secondary N) is 1. The van der Waals surface area contributed by atoms with Crippen molar-refractivity contribution in [1.29, 1.82) is 0 Å². The van der Waals surface area contributed by atoms with Gasteiger partial charge in [-0.25, -0.2) is 9.59 Å². The maximum Gasteiger partial charge on any atom is 0.328 e. The number of anilines is 1. The van der Waals surface area contributed by atoms with E-state index in [2.05, 4.69) is 11.9 Å². The van der Waals surface area contributed by atoms with Crippen LogP contribution in [0.1, 0.15) is 18.4 Å². The zero-order chi connectivity index (χ0) is 15.7. The van der Waals surface area contributed by atoms with Crippen LogP contribution in [0.25, 0.3) is 6.08 Å². The number of hydrogen-bond acceptors (Lipinski definition) is 2. The zero-order valence-electron chi connectivity index (χ0n) is 12.1. The van der Waals surface area contributed by atoms with Crippen LogP contribution in [-0.2, 0) is 4.79 Å². The van der Waals surface area contributed by atoms with Crippen LogP contribution in [0, 0.1) is 0 Å². The Bertz CT molecular complexity index is 521. The number of carboxylic acids is 1. The van der Waals surface area contributed by atoms with Crippen molar-refractivity contribution in [3.05, 3.63) is 48.6 Å². The molecule has 0 heterocycles. The summed E-state index contributed by atoms with van der Waals surface area (Å²) in [6.07, 6.45) is 6.15. The van der Waals surface area contributed by atoms with E-state index in [1.807, 2.05) is 6.08 Å². The number of carbonyl (C=O) groups is 2. The molecule has 5 nitrogen and oxygen atoms in total. The van der Waals surface area contributed by atoms with Gasteiger partial charge in [-0.15, -0.1) is 6.58 Å². The van der Waals surface area contributed by atoms with Gasteiger partial charge in [0.2, 0.25) is 0 Å². The molecule has 1 aromatic carbocycles. The molecule has 5 heteroatoms. The number of nitrogens with zero attached hydrogens (tertiary/aromatic N) is 1. The molecule has 0 fully saturated rings. The van der Waals surface area contributed by atoms with E-state index < -0.39 is 5.97 Å². The van der Waals surface area contributed by atoms with E-state index >= 15 is 0 Å². The number of unbranched alkanes of at least 4 members (excludes halogenated alkanes) is 1. The second-order valence-electron chi connectivity index (χ2n) is 4.58. The van der Waals surface area contributed by atoms with Crippen molar-refractivity contribution in [2.45, 2.75) is 12.8 Å². The van der Waals surface area contributed by atoms with Gasteiger partial charge >= 0.3 is 12.0 Å². The Labute approximate surface area is 124 Å². The fraction of sp³-hybridized carbons (Fsp3) is 0.250. The summed E-state index contributed by atoms with van der Waals surface area (Å²) in [6.45, 7) is 4.31. The molecular weight excluding hydrogens is 268 g/mol. The molecule has 0 saturated heterocycles. The molecule has 0 spiro atoms. The van der Waals surface area contributed by atoms with Crippen molar-refractivity contribution in [2.24, 2.45) is 0 Å².